The van der Waals surface area contributed by atoms with Gasteiger partial charge >= 0.3 is 6.03 Å². The summed E-state index contributed by atoms with van der Waals surface area (Å²) in [5.74, 6) is 0.125. The molecular weight excluding hydrogens is 340 g/mol. The van der Waals surface area contributed by atoms with Crippen molar-refractivity contribution in [3.8, 4) is 0 Å². The molecule has 0 aliphatic heterocycles. The summed E-state index contributed by atoms with van der Waals surface area (Å²) in [6.45, 7) is 8.11. The molecule has 1 aromatic rings. The number of benzene rings is 1. The minimum atomic E-state index is -3.94. The quantitative estimate of drug-likeness (QED) is 0.764. The number of hydrogen-bond donors (Lipinski definition) is 3. The van der Waals surface area contributed by atoms with Crippen LogP contribution in [-0.2, 0) is 10.0 Å². The zero-order valence-electron chi connectivity index (χ0n) is 15.0. The van der Waals surface area contributed by atoms with E-state index >= 15 is 0 Å². The van der Waals surface area contributed by atoms with Crippen molar-refractivity contribution in [1.29, 1.82) is 0 Å². The van der Waals surface area contributed by atoms with E-state index in [-0.39, 0.29) is 21.6 Å². The van der Waals surface area contributed by atoms with Gasteiger partial charge in [0.1, 0.15) is 0 Å². The van der Waals surface area contributed by atoms with Crippen molar-refractivity contribution in [3.05, 3.63) is 29.8 Å². The van der Waals surface area contributed by atoms with Gasteiger partial charge in [-0.1, -0.05) is 38.5 Å². The number of rotatable bonds is 3. The number of urea groups is 1. The Morgan fingerprint density at radius 2 is 1.80 bits per heavy atom. The van der Waals surface area contributed by atoms with Gasteiger partial charge in [0.25, 0.3) is 10.0 Å². The SMILES string of the molecule is Cc1ccc(S(=O)(=O)NC(=O)N[C@H]2[C@@H](O)[C@@]3(C)CC[C@@H]2C3(C)C)cc1. The molecule has 2 aliphatic rings. The van der Waals surface area contributed by atoms with Gasteiger partial charge in [0, 0.05) is 5.41 Å². The number of amides is 2. The molecule has 0 spiro atoms. The van der Waals surface area contributed by atoms with Gasteiger partial charge in [0.15, 0.2) is 0 Å². The second-order valence-electron chi connectivity index (χ2n) is 8.15. The zero-order valence-corrected chi connectivity index (χ0v) is 15.9. The molecule has 0 unspecified atom stereocenters. The lowest BCUT2D eigenvalue weighted by atomic mass is 9.70. The van der Waals surface area contributed by atoms with E-state index in [1.54, 1.807) is 12.1 Å². The van der Waals surface area contributed by atoms with E-state index in [2.05, 4.69) is 19.2 Å². The summed E-state index contributed by atoms with van der Waals surface area (Å²) in [4.78, 5) is 12.3. The average Bonchev–Trinajstić information content (AvgIpc) is 2.81. The minimum absolute atomic E-state index is 0.0361. The van der Waals surface area contributed by atoms with Crippen LogP contribution in [0.5, 0.6) is 0 Å². The predicted octanol–water partition coefficient (Wildman–Crippen LogP) is 2.17. The largest absolute Gasteiger partial charge is 0.390 e. The van der Waals surface area contributed by atoms with Gasteiger partial charge in [-0.15, -0.1) is 0 Å². The van der Waals surface area contributed by atoms with Crippen LogP contribution in [0.15, 0.2) is 29.2 Å². The second-order valence-corrected chi connectivity index (χ2v) is 9.83. The molecule has 2 saturated carbocycles. The first-order chi connectivity index (χ1) is 11.5. The maximum atomic E-state index is 12.3. The molecule has 0 aromatic heterocycles. The standard InChI is InChI=1S/C18H26N2O4S/c1-11-5-7-12(8-6-11)25(23,24)20-16(22)19-14-13-9-10-18(4,15(14)21)17(13,2)3/h5-8,13-15,21H,9-10H2,1-4H3,(H2,19,20,22)/t13-,14+,15+,18+/m0/s1. The first kappa shape index (κ1) is 18.2. The number of fused-ring (bicyclic) bond motifs is 2. The van der Waals surface area contributed by atoms with Gasteiger partial charge < -0.3 is 10.4 Å². The monoisotopic (exact) mass is 366 g/mol. The third kappa shape index (κ3) is 2.73. The number of aryl methyl sites for hydroxylation is 1. The van der Waals surface area contributed by atoms with Gasteiger partial charge in [0.2, 0.25) is 0 Å². The zero-order chi connectivity index (χ0) is 18.6. The molecule has 4 atom stereocenters. The maximum absolute atomic E-state index is 12.3. The number of carbonyl (C=O) groups excluding carboxylic acids is 1. The van der Waals surface area contributed by atoms with Gasteiger partial charge in [-0.3, -0.25) is 0 Å². The van der Waals surface area contributed by atoms with Crippen LogP contribution < -0.4 is 10.0 Å². The van der Waals surface area contributed by atoms with Crippen LogP contribution in [0.3, 0.4) is 0 Å². The summed E-state index contributed by atoms with van der Waals surface area (Å²) in [7, 11) is -3.94. The van der Waals surface area contributed by atoms with Crippen molar-refractivity contribution in [2.24, 2.45) is 16.7 Å². The Balaban J connectivity index is 1.72. The molecule has 7 heteroatoms. The Kier molecular flexibility index (Phi) is 4.15. The highest BCUT2D eigenvalue weighted by molar-refractivity contribution is 7.90. The number of carbonyl (C=O) groups is 1. The van der Waals surface area contributed by atoms with Crippen LogP contribution in [-0.4, -0.2) is 31.7 Å². The highest BCUT2D eigenvalue weighted by Gasteiger charge is 2.66. The van der Waals surface area contributed by atoms with Gasteiger partial charge in [-0.05, 0) is 43.2 Å². The summed E-state index contributed by atoms with van der Waals surface area (Å²) in [6, 6.07) is 5.03. The topological polar surface area (TPSA) is 95.5 Å². The number of hydrogen-bond acceptors (Lipinski definition) is 4. The van der Waals surface area contributed by atoms with Crippen molar-refractivity contribution < 1.29 is 18.3 Å². The highest BCUT2D eigenvalue weighted by Crippen LogP contribution is 2.65. The molecule has 6 nitrogen and oxygen atoms in total. The van der Waals surface area contributed by atoms with Crippen LogP contribution >= 0.6 is 0 Å². The normalized spacial score (nSPS) is 33.2. The first-order valence-electron chi connectivity index (χ1n) is 8.57. The smallest absolute Gasteiger partial charge is 0.329 e. The molecule has 2 aliphatic carbocycles. The predicted molar refractivity (Wildman–Crippen MR) is 94.4 cm³/mol. The van der Waals surface area contributed by atoms with Gasteiger partial charge in [-0.25, -0.2) is 17.9 Å². The molecule has 3 N–H and O–H groups in total. The van der Waals surface area contributed by atoms with E-state index < -0.39 is 28.2 Å². The molecule has 0 radical (unpaired) electrons. The average molecular weight is 366 g/mol. The molecule has 0 saturated heterocycles. The molecule has 0 heterocycles. The minimum Gasteiger partial charge on any atom is -0.390 e. The number of aliphatic hydroxyl groups excluding tert-OH is 1. The highest BCUT2D eigenvalue weighted by atomic mass is 32.2. The fourth-order valence-corrected chi connectivity index (χ4v) is 5.51. The van der Waals surface area contributed by atoms with Crippen molar-refractivity contribution >= 4 is 16.1 Å². The van der Waals surface area contributed by atoms with Crippen LogP contribution in [0, 0.1) is 23.7 Å². The molecule has 3 rings (SSSR count). The van der Waals surface area contributed by atoms with E-state index in [0.29, 0.717) is 0 Å². The van der Waals surface area contributed by atoms with E-state index in [4.69, 9.17) is 0 Å². The second kappa shape index (κ2) is 5.71. The maximum Gasteiger partial charge on any atom is 0.329 e. The number of sulfonamides is 1. The molecule has 2 amide bonds. The van der Waals surface area contributed by atoms with E-state index in [1.807, 2.05) is 18.6 Å². The van der Waals surface area contributed by atoms with Gasteiger partial charge in [-0.2, -0.15) is 0 Å². The lowest BCUT2D eigenvalue weighted by Crippen LogP contribution is -2.52. The van der Waals surface area contributed by atoms with E-state index in [9.17, 15) is 18.3 Å². The van der Waals surface area contributed by atoms with Crippen LogP contribution in [0.25, 0.3) is 0 Å². The Bertz CT molecular complexity index is 788. The lowest BCUT2D eigenvalue weighted by Gasteiger charge is -2.37. The Morgan fingerprint density at radius 1 is 1.20 bits per heavy atom. The van der Waals surface area contributed by atoms with Crippen molar-refractivity contribution in [1.82, 2.24) is 10.0 Å². The summed E-state index contributed by atoms with van der Waals surface area (Å²) in [5.41, 5.74) is 0.551. The van der Waals surface area contributed by atoms with E-state index in [0.717, 1.165) is 18.4 Å². The molecule has 25 heavy (non-hydrogen) atoms. The summed E-state index contributed by atoms with van der Waals surface area (Å²) in [5, 5.41) is 13.4. The number of aliphatic hydroxyl groups is 1. The van der Waals surface area contributed by atoms with Crippen LogP contribution in [0.1, 0.15) is 39.2 Å². The Labute approximate surface area is 149 Å². The van der Waals surface area contributed by atoms with E-state index in [1.165, 1.54) is 12.1 Å². The Morgan fingerprint density at radius 3 is 2.32 bits per heavy atom. The third-order valence-electron chi connectivity index (χ3n) is 6.66. The van der Waals surface area contributed by atoms with Crippen molar-refractivity contribution in [2.45, 2.75) is 57.6 Å². The molecule has 1 aromatic carbocycles. The fraction of sp³-hybridized carbons (Fsp3) is 0.611. The fourth-order valence-electron chi connectivity index (χ4n) is 4.59. The first-order valence-corrected chi connectivity index (χ1v) is 10.1. The van der Waals surface area contributed by atoms with Crippen molar-refractivity contribution in [2.75, 3.05) is 0 Å². The van der Waals surface area contributed by atoms with Crippen LogP contribution in [0.2, 0.25) is 0 Å². The molecule has 138 valence electrons. The molecule has 2 bridgehead atoms. The van der Waals surface area contributed by atoms with Crippen molar-refractivity contribution in [3.63, 3.8) is 0 Å². The molecule has 2 fully saturated rings. The summed E-state index contributed by atoms with van der Waals surface area (Å²) < 4.78 is 26.7. The lowest BCUT2D eigenvalue weighted by molar-refractivity contribution is 0.00193. The summed E-state index contributed by atoms with van der Waals surface area (Å²) in [6.07, 6.45) is 1.14. The van der Waals surface area contributed by atoms with Crippen LogP contribution in [0.4, 0.5) is 4.79 Å². The van der Waals surface area contributed by atoms with Gasteiger partial charge in [0.05, 0.1) is 17.0 Å². The Hall–Kier alpha value is -1.60. The third-order valence-corrected chi connectivity index (χ3v) is 8.00. The molecular formula is C18H26N2O4S. The number of nitrogens with one attached hydrogen (secondary N) is 2. The summed E-state index contributed by atoms with van der Waals surface area (Å²) >= 11 is 0.